The minimum atomic E-state index is -0.346. The Hall–Kier alpha value is -1.56. The van der Waals surface area contributed by atoms with Crippen LogP contribution in [0.5, 0.6) is 0 Å². The van der Waals surface area contributed by atoms with Crippen LogP contribution in [0.15, 0.2) is 42.6 Å². The molecule has 0 aliphatic carbocycles. The molecular formula is C19H26BNO3. The number of ether oxygens (including phenoxy) is 1. The molecule has 2 aromatic rings. The van der Waals surface area contributed by atoms with Crippen molar-refractivity contribution in [3.8, 4) is 0 Å². The van der Waals surface area contributed by atoms with Crippen molar-refractivity contribution in [1.29, 1.82) is 0 Å². The predicted molar refractivity (Wildman–Crippen MR) is 96.2 cm³/mol. The number of nitrogens with one attached hydrogen (secondary N) is 1. The molecule has 3 rings (SSSR count). The van der Waals surface area contributed by atoms with E-state index in [-0.39, 0.29) is 24.4 Å². The first-order valence-corrected chi connectivity index (χ1v) is 8.48. The molecule has 0 spiro atoms. The van der Waals surface area contributed by atoms with E-state index in [0.717, 1.165) is 11.2 Å². The van der Waals surface area contributed by atoms with Crippen LogP contribution in [0.4, 0.5) is 0 Å². The van der Waals surface area contributed by atoms with Gasteiger partial charge in [-0.3, -0.25) is 0 Å². The molecule has 5 heteroatoms. The Labute approximate surface area is 144 Å². The second-order valence-corrected chi connectivity index (χ2v) is 7.42. The zero-order valence-corrected chi connectivity index (χ0v) is 15.1. The normalized spacial score (nSPS) is 20.3. The smallest absolute Gasteiger partial charge is 0.399 e. The van der Waals surface area contributed by atoms with E-state index < -0.39 is 0 Å². The summed E-state index contributed by atoms with van der Waals surface area (Å²) in [5.74, 6) is 0. The highest BCUT2D eigenvalue weighted by Crippen LogP contribution is 2.36. The molecule has 1 fully saturated rings. The molecule has 0 saturated carbocycles. The first-order valence-electron chi connectivity index (χ1n) is 8.48. The van der Waals surface area contributed by atoms with Crippen LogP contribution >= 0.6 is 0 Å². The van der Waals surface area contributed by atoms with E-state index in [1.165, 1.54) is 5.56 Å². The Kier molecular flexibility index (Phi) is 4.60. The van der Waals surface area contributed by atoms with Gasteiger partial charge in [-0.2, -0.15) is 0 Å². The summed E-state index contributed by atoms with van der Waals surface area (Å²) in [5.41, 5.74) is 2.53. The lowest BCUT2D eigenvalue weighted by molar-refractivity contribution is 0.00578. The van der Waals surface area contributed by atoms with Crippen LogP contribution in [0.1, 0.15) is 52.0 Å². The van der Waals surface area contributed by atoms with E-state index in [9.17, 15) is 0 Å². The molecule has 1 N–H and O–H groups in total. The van der Waals surface area contributed by atoms with Gasteiger partial charge in [0.05, 0.1) is 23.9 Å². The van der Waals surface area contributed by atoms with Crippen LogP contribution in [0.25, 0.3) is 0 Å². The van der Waals surface area contributed by atoms with Crippen molar-refractivity contribution in [2.24, 2.45) is 0 Å². The number of rotatable bonds is 5. The molecular weight excluding hydrogens is 301 g/mol. The molecule has 0 radical (unpaired) electrons. The second kappa shape index (κ2) is 6.39. The zero-order chi connectivity index (χ0) is 17.4. The van der Waals surface area contributed by atoms with Crippen LogP contribution in [0.2, 0.25) is 0 Å². The highest BCUT2D eigenvalue weighted by Gasteiger charge is 2.51. The second-order valence-electron chi connectivity index (χ2n) is 7.42. The molecule has 1 aliphatic heterocycles. The van der Waals surface area contributed by atoms with Crippen LogP contribution in [0, 0.1) is 0 Å². The first kappa shape index (κ1) is 17.3. The average Bonchev–Trinajstić information content (AvgIpc) is 3.09. The van der Waals surface area contributed by atoms with Gasteiger partial charge in [-0.1, -0.05) is 30.3 Å². The van der Waals surface area contributed by atoms with Gasteiger partial charge in [0, 0.05) is 17.4 Å². The lowest BCUT2D eigenvalue weighted by atomic mass is 9.81. The third-order valence-corrected chi connectivity index (χ3v) is 5.03. The van der Waals surface area contributed by atoms with E-state index in [4.69, 9.17) is 14.0 Å². The molecule has 1 saturated heterocycles. The summed E-state index contributed by atoms with van der Waals surface area (Å²) in [7, 11) is -0.346. The Morgan fingerprint density at radius 3 is 2.33 bits per heavy atom. The van der Waals surface area contributed by atoms with Crippen molar-refractivity contribution >= 4 is 12.6 Å². The van der Waals surface area contributed by atoms with E-state index >= 15 is 0 Å². The third kappa shape index (κ3) is 3.43. The molecule has 0 bridgehead atoms. The molecule has 1 aliphatic rings. The highest BCUT2D eigenvalue weighted by molar-refractivity contribution is 6.62. The molecule has 4 nitrogen and oxygen atoms in total. The van der Waals surface area contributed by atoms with Crippen molar-refractivity contribution in [2.75, 3.05) is 0 Å². The summed E-state index contributed by atoms with van der Waals surface area (Å²) >= 11 is 0. The number of H-pyrrole nitrogens is 1. The van der Waals surface area contributed by atoms with Gasteiger partial charge in [-0.15, -0.1) is 0 Å². The van der Waals surface area contributed by atoms with Crippen LogP contribution < -0.4 is 5.46 Å². The first-order chi connectivity index (χ1) is 11.3. The van der Waals surface area contributed by atoms with Crippen molar-refractivity contribution < 1.29 is 14.0 Å². The summed E-state index contributed by atoms with van der Waals surface area (Å²) < 4.78 is 18.1. The predicted octanol–water partition coefficient (Wildman–Crippen LogP) is 3.59. The molecule has 1 aromatic heterocycles. The number of aromatic nitrogens is 1. The van der Waals surface area contributed by atoms with Gasteiger partial charge in [0.15, 0.2) is 0 Å². The minimum absolute atomic E-state index is 0.0265. The topological polar surface area (TPSA) is 43.5 Å². The lowest BCUT2D eigenvalue weighted by Gasteiger charge is -2.32. The fourth-order valence-electron chi connectivity index (χ4n) is 2.66. The van der Waals surface area contributed by atoms with Crippen molar-refractivity contribution in [3.63, 3.8) is 0 Å². The molecule has 24 heavy (non-hydrogen) atoms. The fraction of sp³-hybridized carbons (Fsp3) is 0.474. The minimum Gasteiger partial charge on any atom is -0.399 e. The van der Waals surface area contributed by atoms with Crippen molar-refractivity contribution in [1.82, 2.24) is 4.98 Å². The fourth-order valence-corrected chi connectivity index (χ4v) is 2.66. The van der Waals surface area contributed by atoms with Crippen LogP contribution in [-0.4, -0.2) is 23.3 Å². The van der Waals surface area contributed by atoms with E-state index in [2.05, 4.69) is 50.9 Å². The van der Waals surface area contributed by atoms with Gasteiger partial charge in [0.1, 0.15) is 0 Å². The highest BCUT2D eigenvalue weighted by atomic mass is 16.7. The SMILES string of the molecule is CC(OCc1ccccc1)c1cc(B2OC(C)(C)C(C)(C)O2)c[nH]1. The van der Waals surface area contributed by atoms with Gasteiger partial charge < -0.3 is 19.0 Å². The Balaban J connectivity index is 1.63. The van der Waals surface area contributed by atoms with E-state index in [1.54, 1.807) is 0 Å². The number of aromatic amines is 1. The summed E-state index contributed by atoms with van der Waals surface area (Å²) in [4.78, 5) is 3.29. The molecule has 1 atom stereocenters. The zero-order valence-electron chi connectivity index (χ0n) is 15.1. The summed E-state index contributed by atoms with van der Waals surface area (Å²) in [5, 5.41) is 0. The Bertz CT molecular complexity index is 665. The Morgan fingerprint density at radius 2 is 1.71 bits per heavy atom. The molecule has 128 valence electrons. The maximum Gasteiger partial charge on any atom is 0.496 e. The number of hydrogen-bond donors (Lipinski definition) is 1. The number of benzene rings is 1. The standard InChI is InChI=1S/C19H26BNO3/c1-14(22-13-15-9-7-6-8-10-15)17-11-16(12-21-17)20-23-18(2,3)19(4,5)24-20/h6-12,14,21H,13H2,1-5H3. The van der Waals surface area contributed by atoms with Gasteiger partial charge in [-0.25, -0.2) is 0 Å². The van der Waals surface area contributed by atoms with Gasteiger partial charge in [0.25, 0.3) is 0 Å². The Morgan fingerprint density at radius 1 is 1.08 bits per heavy atom. The molecule has 1 aromatic carbocycles. The van der Waals surface area contributed by atoms with Crippen LogP contribution in [0.3, 0.4) is 0 Å². The van der Waals surface area contributed by atoms with E-state index in [0.29, 0.717) is 6.61 Å². The molecule has 0 amide bonds. The molecule has 1 unspecified atom stereocenters. The van der Waals surface area contributed by atoms with Crippen molar-refractivity contribution in [2.45, 2.75) is 58.5 Å². The van der Waals surface area contributed by atoms with E-state index in [1.807, 2.05) is 31.3 Å². The maximum atomic E-state index is 6.09. The van der Waals surface area contributed by atoms with Gasteiger partial charge in [-0.05, 0) is 46.2 Å². The largest absolute Gasteiger partial charge is 0.496 e. The summed E-state index contributed by atoms with van der Waals surface area (Å²) in [6.07, 6.45) is 1.92. The lowest BCUT2D eigenvalue weighted by Crippen LogP contribution is -2.41. The van der Waals surface area contributed by atoms with Gasteiger partial charge in [0.2, 0.25) is 0 Å². The monoisotopic (exact) mass is 327 g/mol. The van der Waals surface area contributed by atoms with Crippen molar-refractivity contribution in [3.05, 3.63) is 53.9 Å². The number of hydrogen-bond acceptors (Lipinski definition) is 3. The van der Waals surface area contributed by atoms with Gasteiger partial charge >= 0.3 is 7.12 Å². The quantitative estimate of drug-likeness (QED) is 0.854. The van der Waals surface area contributed by atoms with Crippen LogP contribution in [-0.2, 0) is 20.7 Å². The average molecular weight is 327 g/mol. The summed E-state index contributed by atoms with van der Waals surface area (Å²) in [6, 6.07) is 12.3. The summed E-state index contributed by atoms with van der Waals surface area (Å²) in [6.45, 7) is 10.9. The third-order valence-electron chi connectivity index (χ3n) is 5.03. The molecule has 2 heterocycles. The maximum absolute atomic E-state index is 6.09.